The Balaban J connectivity index is 2.24. The van der Waals surface area contributed by atoms with Crippen LogP contribution >= 0.6 is 0 Å². The Bertz CT molecular complexity index is 304. The number of rotatable bonds is 0. The molecule has 0 aromatic heterocycles. The van der Waals surface area contributed by atoms with Gasteiger partial charge in [0.05, 0.1) is 13.2 Å². The molecule has 0 bridgehead atoms. The summed E-state index contributed by atoms with van der Waals surface area (Å²) >= 11 is 0. The van der Waals surface area contributed by atoms with E-state index in [1.54, 1.807) is 0 Å². The lowest BCUT2D eigenvalue weighted by Gasteiger charge is -2.06. The average Bonchev–Trinajstić information content (AvgIpc) is 2.50. The second-order valence-corrected chi connectivity index (χ2v) is 5.82. The maximum atomic E-state index is 11.5. The number of ether oxygens (including phenoxy) is 2. The topological polar surface area (TPSA) is 52.6 Å². The summed E-state index contributed by atoms with van der Waals surface area (Å²) in [5.41, 5.74) is 0. The molecule has 0 N–H and O–H groups in total. The first kappa shape index (κ1) is 18.7. The molecule has 0 amide bonds. The first-order valence-corrected chi connectivity index (χ1v) is 8.75. The van der Waals surface area contributed by atoms with E-state index in [-0.39, 0.29) is 11.9 Å². The molecule has 4 heteroatoms. The second kappa shape index (κ2) is 13.4. The molecule has 1 heterocycles. The lowest BCUT2D eigenvalue weighted by molar-refractivity contribution is -0.144. The van der Waals surface area contributed by atoms with Crippen LogP contribution in [0.15, 0.2) is 12.2 Å². The molecule has 1 aliphatic heterocycles. The minimum absolute atomic E-state index is 0.126. The molecule has 0 saturated heterocycles. The van der Waals surface area contributed by atoms with Gasteiger partial charge in [-0.2, -0.15) is 0 Å². The number of hydrogen-bond acceptors (Lipinski definition) is 4. The van der Waals surface area contributed by atoms with Gasteiger partial charge in [0.15, 0.2) is 0 Å². The first-order chi connectivity index (χ1) is 10.8. The molecule has 4 nitrogen and oxygen atoms in total. The van der Waals surface area contributed by atoms with Gasteiger partial charge in [0.2, 0.25) is 0 Å². The second-order valence-electron chi connectivity index (χ2n) is 5.82. The summed E-state index contributed by atoms with van der Waals surface area (Å²) in [6.07, 6.45) is 15.1. The Kier molecular flexibility index (Phi) is 11.4. The molecule has 22 heavy (non-hydrogen) atoms. The van der Waals surface area contributed by atoms with E-state index in [9.17, 15) is 9.59 Å². The fourth-order valence-corrected chi connectivity index (χ4v) is 2.42. The Morgan fingerprint density at radius 3 is 1.36 bits per heavy atom. The van der Waals surface area contributed by atoms with Gasteiger partial charge in [-0.05, 0) is 25.7 Å². The number of hydrogen-bond donors (Lipinski definition) is 0. The van der Waals surface area contributed by atoms with Crippen LogP contribution in [0, 0.1) is 0 Å². The van der Waals surface area contributed by atoms with Gasteiger partial charge in [-0.25, -0.2) is 0 Å². The van der Waals surface area contributed by atoms with Crippen LogP contribution in [0.25, 0.3) is 0 Å². The van der Waals surface area contributed by atoms with Crippen LogP contribution in [0.1, 0.15) is 77.0 Å². The molecular formula is C18H30O4. The summed E-state index contributed by atoms with van der Waals surface area (Å²) in [6, 6.07) is 0. The quantitative estimate of drug-likeness (QED) is 0.494. The van der Waals surface area contributed by atoms with Gasteiger partial charge in [-0.3, -0.25) is 9.59 Å². The van der Waals surface area contributed by atoms with E-state index in [1.165, 1.54) is 25.7 Å². The largest absolute Gasteiger partial charge is 0.466 e. The predicted octanol–water partition coefficient (Wildman–Crippen LogP) is 4.32. The third-order valence-electron chi connectivity index (χ3n) is 3.76. The van der Waals surface area contributed by atoms with E-state index in [4.69, 9.17) is 9.47 Å². The van der Waals surface area contributed by atoms with E-state index in [0.717, 1.165) is 25.7 Å². The monoisotopic (exact) mass is 310 g/mol. The molecule has 0 aliphatic carbocycles. The third-order valence-corrected chi connectivity index (χ3v) is 3.76. The molecule has 1 aliphatic rings. The maximum absolute atomic E-state index is 11.5. The number of carbonyl (C=O) groups is 2. The molecular weight excluding hydrogens is 280 g/mol. The molecule has 1 rings (SSSR count). The number of esters is 2. The van der Waals surface area contributed by atoms with Crippen LogP contribution in [0.4, 0.5) is 0 Å². The lowest BCUT2D eigenvalue weighted by atomic mass is 10.1. The molecule has 126 valence electrons. The van der Waals surface area contributed by atoms with Crippen LogP contribution in [0.2, 0.25) is 0 Å². The summed E-state index contributed by atoms with van der Waals surface area (Å²) in [6.45, 7) is 1.10. The van der Waals surface area contributed by atoms with Crippen molar-refractivity contribution in [1.29, 1.82) is 0 Å². The van der Waals surface area contributed by atoms with Crippen LogP contribution in [-0.2, 0) is 19.1 Å². The standard InChI is InChI=1S/C18H30O4/c19-17-13-9-5-6-10-14-18(20)22-16-12-8-4-2-1-3-7-11-15-21-17/h5-6H,1-4,7-16H2/b6-5+. The van der Waals surface area contributed by atoms with E-state index in [1.807, 2.05) is 12.2 Å². The zero-order valence-corrected chi connectivity index (χ0v) is 13.7. The van der Waals surface area contributed by atoms with E-state index < -0.39 is 0 Å². The molecule has 0 aromatic carbocycles. The smallest absolute Gasteiger partial charge is 0.306 e. The highest BCUT2D eigenvalue weighted by atomic mass is 16.5. The predicted molar refractivity (Wildman–Crippen MR) is 86.5 cm³/mol. The highest BCUT2D eigenvalue weighted by Gasteiger charge is 2.03. The summed E-state index contributed by atoms with van der Waals surface area (Å²) in [5.74, 6) is -0.253. The fraction of sp³-hybridized carbons (Fsp3) is 0.778. The van der Waals surface area contributed by atoms with Gasteiger partial charge < -0.3 is 9.47 Å². The molecule has 0 aromatic rings. The van der Waals surface area contributed by atoms with Crippen LogP contribution < -0.4 is 0 Å². The molecule has 0 fully saturated rings. The zero-order valence-electron chi connectivity index (χ0n) is 13.7. The summed E-state index contributed by atoms with van der Waals surface area (Å²) in [5, 5.41) is 0. The average molecular weight is 310 g/mol. The summed E-state index contributed by atoms with van der Waals surface area (Å²) in [7, 11) is 0. The van der Waals surface area contributed by atoms with Gasteiger partial charge in [-0.15, -0.1) is 0 Å². The Hall–Kier alpha value is -1.32. The fourth-order valence-electron chi connectivity index (χ4n) is 2.42. The summed E-state index contributed by atoms with van der Waals surface area (Å²) < 4.78 is 10.4. The molecule has 0 unspecified atom stereocenters. The van der Waals surface area contributed by atoms with Crippen molar-refractivity contribution < 1.29 is 19.1 Å². The van der Waals surface area contributed by atoms with Crippen molar-refractivity contribution in [1.82, 2.24) is 0 Å². The normalized spacial score (nSPS) is 23.1. The van der Waals surface area contributed by atoms with Gasteiger partial charge in [-0.1, -0.05) is 50.7 Å². The zero-order chi connectivity index (χ0) is 15.9. The number of allylic oxidation sites excluding steroid dienone is 2. The van der Waals surface area contributed by atoms with E-state index in [2.05, 4.69) is 0 Å². The van der Waals surface area contributed by atoms with Gasteiger partial charge in [0.25, 0.3) is 0 Å². The summed E-state index contributed by atoms with van der Waals surface area (Å²) in [4.78, 5) is 23.0. The van der Waals surface area contributed by atoms with Crippen molar-refractivity contribution >= 4 is 11.9 Å². The molecule has 0 saturated carbocycles. The van der Waals surface area contributed by atoms with Crippen LogP contribution in [-0.4, -0.2) is 25.2 Å². The molecule has 0 atom stereocenters. The van der Waals surface area contributed by atoms with Gasteiger partial charge in [0, 0.05) is 12.8 Å². The van der Waals surface area contributed by atoms with Crippen molar-refractivity contribution in [3.05, 3.63) is 12.2 Å². The number of cyclic esters (lactones) is 2. The number of carbonyl (C=O) groups excluding carboxylic acids is 2. The van der Waals surface area contributed by atoms with Crippen LogP contribution in [0.5, 0.6) is 0 Å². The SMILES string of the molecule is O=C1CC/C=C/CCC(=O)OCCCCCCCCCCO1. The maximum Gasteiger partial charge on any atom is 0.306 e. The van der Waals surface area contributed by atoms with Crippen molar-refractivity contribution in [3.63, 3.8) is 0 Å². The highest BCUT2D eigenvalue weighted by Crippen LogP contribution is 2.09. The Labute approximate surface area is 134 Å². The highest BCUT2D eigenvalue weighted by molar-refractivity contribution is 5.70. The van der Waals surface area contributed by atoms with Crippen molar-refractivity contribution in [2.75, 3.05) is 13.2 Å². The van der Waals surface area contributed by atoms with Crippen molar-refractivity contribution in [3.8, 4) is 0 Å². The van der Waals surface area contributed by atoms with Crippen LogP contribution in [0.3, 0.4) is 0 Å². The molecule has 0 radical (unpaired) electrons. The van der Waals surface area contributed by atoms with Crippen molar-refractivity contribution in [2.45, 2.75) is 77.0 Å². The third kappa shape index (κ3) is 11.4. The van der Waals surface area contributed by atoms with E-state index in [0.29, 0.717) is 38.9 Å². The van der Waals surface area contributed by atoms with E-state index >= 15 is 0 Å². The van der Waals surface area contributed by atoms with Gasteiger partial charge >= 0.3 is 11.9 Å². The van der Waals surface area contributed by atoms with Gasteiger partial charge in [0.1, 0.15) is 0 Å². The Morgan fingerprint density at radius 1 is 0.591 bits per heavy atom. The lowest BCUT2D eigenvalue weighted by Crippen LogP contribution is -2.05. The minimum atomic E-state index is -0.126. The minimum Gasteiger partial charge on any atom is -0.466 e. The first-order valence-electron chi connectivity index (χ1n) is 8.75. The Morgan fingerprint density at radius 2 is 0.955 bits per heavy atom. The molecule has 0 spiro atoms. The van der Waals surface area contributed by atoms with Crippen molar-refractivity contribution in [2.24, 2.45) is 0 Å².